The van der Waals surface area contributed by atoms with Crippen LogP contribution in [0.5, 0.6) is 0 Å². The lowest BCUT2D eigenvalue weighted by molar-refractivity contribution is -0.148. The van der Waals surface area contributed by atoms with E-state index in [1.54, 1.807) is 11.8 Å². The second-order valence-corrected chi connectivity index (χ2v) is 5.56. The van der Waals surface area contributed by atoms with Gasteiger partial charge in [-0.25, -0.2) is 4.79 Å². The van der Waals surface area contributed by atoms with Gasteiger partial charge in [0.2, 0.25) is 0 Å². The summed E-state index contributed by atoms with van der Waals surface area (Å²) in [5.41, 5.74) is 7.68. The van der Waals surface area contributed by atoms with Crippen molar-refractivity contribution >= 4 is 23.4 Å². The van der Waals surface area contributed by atoms with E-state index in [0.29, 0.717) is 6.42 Å². The number of carboxylic acid groups (broad SMARTS) is 1. The lowest BCUT2D eigenvalue weighted by Crippen LogP contribution is -2.21. The van der Waals surface area contributed by atoms with E-state index in [0.717, 1.165) is 22.8 Å². The molecule has 3 N–H and O–H groups in total. The van der Waals surface area contributed by atoms with Crippen LogP contribution in [0.1, 0.15) is 18.4 Å². The van der Waals surface area contributed by atoms with Crippen molar-refractivity contribution in [1.29, 1.82) is 0 Å². The summed E-state index contributed by atoms with van der Waals surface area (Å²) in [6.45, 7) is 2.04. The molecule has 18 heavy (non-hydrogen) atoms. The fourth-order valence-corrected chi connectivity index (χ4v) is 3.09. The fourth-order valence-electron chi connectivity index (χ4n) is 1.96. The van der Waals surface area contributed by atoms with Crippen LogP contribution in [0.3, 0.4) is 0 Å². The van der Waals surface area contributed by atoms with Crippen molar-refractivity contribution in [3.8, 4) is 0 Å². The Kier molecular flexibility index (Phi) is 4.14. The number of benzene rings is 1. The van der Waals surface area contributed by atoms with Gasteiger partial charge >= 0.3 is 5.97 Å². The maximum Gasteiger partial charge on any atom is 0.332 e. The molecule has 98 valence electrons. The Hall–Kier alpha value is -1.20. The predicted molar refractivity (Wildman–Crippen MR) is 71.8 cm³/mol. The van der Waals surface area contributed by atoms with Crippen molar-refractivity contribution in [3.63, 3.8) is 0 Å². The van der Waals surface area contributed by atoms with Gasteiger partial charge in [0, 0.05) is 16.3 Å². The van der Waals surface area contributed by atoms with Crippen LogP contribution in [-0.2, 0) is 9.53 Å². The highest BCUT2D eigenvalue weighted by Gasteiger charge is 2.30. The third-order valence-electron chi connectivity index (χ3n) is 3.02. The third kappa shape index (κ3) is 3.17. The Morgan fingerprint density at radius 1 is 1.56 bits per heavy atom. The van der Waals surface area contributed by atoms with Crippen molar-refractivity contribution in [2.45, 2.75) is 36.9 Å². The van der Waals surface area contributed by atoms with E-state index in [2.05, 4.69) is 0 Å². The van der Waals surface area contributed by atoms with Crippen LogP contribution in [0.4, 0.5) is 5.69 Å². The molecule has 0 aliphatic carbocycles. The second-order valence-electron chi connectivity index (χ2n) is 4.50. The lowest BCUT2D eigenvalue weighted by Gasteiger charge is -2.12. The van der Waals surface area contributed by atoms with E-state index >= 15 is 0 Å². The maximum absolute atomic E-state index is 10.8. The first-order valence-electron chi connectivity index (χ1n) is 5.93. The molecule has 2 unspecified atom stereocenters. The number of nitrogen functional groups attached to an aromatic ring is 1. The molecule has 1 aliphatic rings. The maximum atomic E-state index is 10.8. The molecule has 0 amide bonds. The number of anilines is 1. The molecule has 1 aliphatic heterocycles. The van der Waals surface area contributed by atoms with E-state index in [1.165, 1.54) is 5.56 Å². The Balaban J connectivity index is 1.89. The first-order valence-corrected chi connectivity index (χ1v) is 6.92. The SMILES string of the molecule is Cc1ccc(N)cc1SCC1CCC(C(=O)O)O1. The summed E-state index contributed by atoms with van der Waals surface area (Å²) in [5.74, 6) is -0.0868. The number of aliphatic carboxylic acids is 1. The monoisotopic (exact) mass is 267 g/mol. The molecule has 1 fully saturated rings. The number of thioether (sulfide) groups is 1. The molecule has 1 aromatic rings. The van der Waals surface area contributed by atoms with Gasteiger partial charge in [0.15, 0.2) is 6.10 Å². The number of ether oxygens (including phenoxy) is 1. The normalized spacial score (nSPS) is 23.2. The van der Waals surface area contributed by atoms with Crippen LogP contribution in [-0.4, -0.2) is 29.0 Å². The first-order chi connectivity index (χ1) is 8.56. The van der Waals surface area contributed by atoms with Crippen LogP contribution in [0, 0.1) is 6.92 Å². The fraction of sp³-hybridized carbons (Fsp3) is 0.462. The molecule has 0 bridgehead atoms. The summed E-state index contributed by atoms with van der Waals surface area (Å²) >= 11 is 1.67. The second kappa shape index (κ2) is 5.63. The summed E-state index contributed by atoms with van der Waals surface area (Å²) < 4.78 is 5.46. The summed E-state index contributed by atoms with van der Waals surface area (Å²) in [6, 6.07) is 5.82. The van der Waals surface area contributed by atoms with Crippen LogP contribution in [0.25, 0.3) is 0 Å². The largest absolute Gasteiger partial charge is 0.479 e. The van der Waals surface area contributed by atoms with Gasteiger partial charge in [0.1, 0.15) is 0 Å². The van der Waals surface area contributed by atoms with Crippen molar-refractivity contribution in [2.24, 2.45) is 0 Å². The average molecular weight is 267 g/mol. The van der Waals surface area contributed by atoms with E-state index < -0.39 is 12.1 Å². The van der Waals surface area contributed by atoms with Crippen LogP contribution < -0.4 is 5.73 Å². The van der Waals surface area contributed by atoms with Gasteiger partial charge in [-0.15, -0.1) is 11.8 Å². The summed E-state index contributed by atoms with van der Waals surface area (Å²) in [6.07, 6.45) is 0.816. The molecule has 0 spiro atoms. The first kappa shape index (κ1) is 13.2. The predicted octanol–water partition coefficient (Wildman–Crippen LogP) is 2.30. The zero-order valence-corrected chi connectivity index (χ0v) is 11.1. The Morgan fingerprint density at radius 3 is 3.00 bits per heavy atom. The number of carbonyl (C=O) groups is 1. The van der Waals surface area contributed by atoms with Gasteiger partial charge in [-0.3, -0.25) is 0 Å². The highest BCUT2D eigenvalue weighted by atomic mass is 32.2. The van der Waals surface area contributed by atoms with Gasteiger partial charge in [-0.1, -0.05) is 6.07 Å². The van der Waals surface area contributed by atoms with Crippen molar-refractivity contribution < 1.29 is 14.6 Å². The molecule has 1 heterocycles. The zero-order valence-electron chi connectivity index (χ0n) is 10.3. The molecule has 1 aromatic carbocycles. The Morgan fingerprint density at radius 2 is 2.33 bits per heavy atom. The summed E-state index contributed by atoms with van der Waals surface area (Å²) in [5, 5.41) is 8.85. The minimum Gasteiger partial charge on any atom is -0.479 e. The Labute approximate surface area is 111 Å². The Bertz CT molecular complexity index is 450. The highest BCUT2D eigenvalue weighted by molar-refractivity contribution is 7.99. The van der Waals surface area contributed by atoms with Crippen molar-refractivity contribution in [2.75, 3.05) is 11.5 Å². The molecular formula is C13H17NO3S. The standard InChI is InChI=1S/C13H17NO3S/c1-8-2-3-9(14)6-12(8)18-7-10-4-5-11(17-10)13(15)16/h2-3,6,10-11H,4-5,7,14H2,1H3,(H,15,16). The molecule has 0 aromatic heterocycles. The summed E-state index contributed by atoms with van der Waals surface area (Å²) in [4.78, 5) is 11.9. The van der Waals surface area contributed by atoms with E-state index in [4.69, 9.17) is 15.6 Å². The summed E-state index contributed by atoms with van der Waals surface area (Å²) in [7, 11) is 0. The molecule has 2 rings (SSSR count). The molecule has 1 saturated heterocycles. The molecule has 0 radical (unpaired) electrons. The van der Waals surface area contributed by atoms with Crippen LogP contribution in [0.2, 0.25) is 0 Å². The van der Waals surface area contributed by atoms with Gasteiger partial charge < -0.3 is 15.6 Å². The van der Waals surface area contributed by atoms with Crippen LogP contribution >= 0.6 is 11.8 Å². The number of nitrogens with two attached hydrogens (primary N) is 1. The minimum atomic E-state index is -0.859. The topological polar surface area (TPSA) is 72.6 Å². The molecule has 0 saturated carbocycles. The quantitative estimate of drug-likeness (QED) is 0.647. The molecule has 5 heteroatoms. The van der Waals surface area contributed by atoms with Crippen molar-refractivity contribution in [3.05, 3.63) is 23.8 Å². The highest BCUT2D eigenvalue weighted by Crippen LogP contribution is 2.29. The average Bonchev–Trinajstić information content (AvgIpc) is 2.79. The zero-order chi connectivity index (χ0) is 13.1. The van der Waals surface area contributed by atoms with Crippen molar-refractivity contribution in [1.82, 2.24) is 0 Å². The smallest absolute Gasteiger partial charge is 0.332 e. The minimum absolute atomic E-state index is 0.0249. The number of hydrogen-bond acceptors (Lipinski definition) is 4. The third-order valence-corrected chi connectivity index (χ3v) is 4.31. The lowest BCUT2D eigenvalue weighted by atomic mass is 10.2. The van der Waals surface area contributed by atoms with Gasteiger partial charge in [-0.2, -0.15) is 0 Å². The van der Waals surface area contributed by atoms with E-state index in [1.807, 2.05) is 25.1 Å². The van der Waals surface area contributed by atoms with Gasteiger partial charge in [0.05, 0.1) is 6.10 Å². The van der Waals surface area contributed by atoms with Crippen LogP contribution in [0.15, 0.2) is 23.1 Å². The molecule has 2 atom stereocenters. The van der Waals surface area contributed by atoms with E-state index in [-0.39, 0.29) is 6.10 Å². The number of rotatable bonds is 4. The molecular weight excluding hydrogens is 250 g/mol. The number of hydrogen-bond donors (Lipinski definition) is 2. The number of carboxylic acids is 1. The van der Waals surface area contributed by atoms with E-state index in [9.17, 15) is 4.79 Å². The van der Waals surface area contributed by atoms with Gasteiger partial charge in [-0.05, 0) is 37.5 Å². The number of aryl methyl sites for hydroxylation is 1. The van der Waals surface area contributed by atoms with Gasteiger partial charge in [0.25, 0.3) is 0 Å². The molecule has 4 nitrogen and oxygen atoms in total.